The Balaban J connectivity index is 1.85. The van der Waals surface area contributed by atoms with Crippen LogP contribution in [0.25, 0.3) is 0 Å². The zero-order chi connectivity index (χ0) is 24.9. The van der Waals surface area contributed by atoms with Gasteiger partial charge in [-0.3, -0.25) is 9.59 Å². The molecule has 1 aliphatic heterocycles. The molecule has 0 aliphatic carbocycles. The average Bonchev–Trinajstić information content (AvgIpc) is 3.20. The van der Waals surface area contributed by atoms with Crippen LogP contribution in [-0.2, 0) is 14.8 Å². The quantitative estimate of drug-likeness (QED) is 0.539. The summed E-state index contributed by atoms with van der Waals surface area (Å²) in [6, 6.07) is 8.63. The highest BCUT2D eigenvalue weighted by Crippen LogP contribution is 2.38. The summed E-state index contributed by atoms with van der Waals surface area (Å²) in [5, 5.41) is 2.66. The number of amides is 2. The molecule has 0 bridgehead atoms. The van der Waals surface area contributed by atoms with E-state index in [4.69, 9.17) is 19.9 Å². The summed E-state index contributed by atoms with van der Waals surface area (Å²) in [4.78, 5) is 25.7. The summed E-state index contributed by atoms with van der Waals surface area (Å²) in [5.41, 5.74) is 5.54. The van der Waals surface area contributed by atoms with Gasteiger partial charge in [-0.2, -0.15) is 8.42 Å². The number of hydrogen-bond acceptors (Lipinski definition) is 7. The molecule has 12 heteroatoms. The molecule has 1 saturated heterocycles. The molecule has 0 spiro atoms. The smallest absolute Gasteiger partial charge is 0.284 e. The minimum Gasteiger partial charge on any atom is -0.493 e. The van der Waals surface area contributed by atoms with Gasteiger partial charge in [0, 0.05) is 31.3 Å². The zero-order valence-corrected chi connectivity index (χ0v) is 19.8. The molecule has 1 fully saturated rings. The van der Waals surface area contributed by atoms with Gasteiger partial charge in [-0.05, 0) is 36.8 Å². The van der Waals surface area contributed by atoms with Crippen molar-refractivity contribution in [2.24, 2.45) is 10.1 Å². The number of benzene rings is 2. The molecule has 2 aromatic rings. The maximum absolute atomic E-state index is 12.9. The van der Waals surface area contributed by atoms with Gasteiger partial charge in [0.15, 0.2) is 18.1 Å². The Hall–Kier alpha value is -3.80. The molecule has 3 N–H and O–H groups in total. The molecule has 0 unspecified atom stereocenters. The largest absolute Gasteiger partial charge is 0.493 e. The molecule has 11 nitrogen and oxygen atoms in total. The number of primary amides is 1. The summed E-state index contributed by atoms with van der Waals surface area (Å²) < 4.78 is 45.3. The minimum absolute atomic E-state index is 0.0385. The van der Waals surface area contributed by atoms with Crippen molar-refractivity contribution in [2.75, 3.05) is 39.7 Å². The number of rotatable bonds is 9. The summed E-state index contributed by atoms with van der Waals surface area (Å²) in [6.45, 7) is 0.350. The van der Waals surface area contributed by atoms with Gasteiger partial charge in [0.05, 0.1) is 19.1 Å². The number of anilines is 1. The Labute approximate surface area is 197 Å². The fourth-order valence-corrected chi connectivity index (χ4v) is 4.48. The highest BCUT2D eigenvalue weighted by molar-refractivity contribution is 7.90. The van der Waals surface area contributed by atoms with Crippen LogP contribution in [0.2, 0.25) is 0 Å². The Kier molecular flexibility index (Phi) is 7.61. The third-order valence-corrected chi connectivity index (χ3v) is 6.33. The van der Waals surface area contributed by atoms with E-state index in [9.17, 15) is 18.0 Å². The van der Waals surface area contributed by atoms with Gasteiger partial charge in [-0.25, -0.2) is 0 Å². The van der Waals surface area contributed by atoms with Crippen molar-refractivity contribution in [1.29, 1.82) is 0 Å². The molecule has 1 heterocycles. The monoisotopic (exact) mass is 490 g/mol. The molecule has 2 amide bonds. The van der Waals surface area contributed by atoms with Crippen molar-refractivity contribution in [3.05, 3.63) is 42.0 Å². The number of sulfonamides is 1. The number of carbonyl (C=O) groups excluding carboxylic acids is 2. The molecule has 0 saturated carbocycles. The van der Waals surface area contributed by atoms with Gasteiger partial charge in [0.25, 0.3) is 21.8 Å². The zero-order valence-electron chi connectivity index (χ0n) is 19.0. The summed E-state index contributed by atoms with van der Waals surface area (Å²) in [6.07, 6.45) is 1.44. The molecule has 3 rings (SSSR count). The van der Waals surface area contributed by atoms with Gasteiger partial charge in [-0.1, -0.05) is 6.07 Å². The fraction of sp³-hybridized carbons (Fsp3) is 0.318. The second kappa shape index (κ2) is 10.4. The van der Waals surface area contributed by atoms with Crippen LogP contribution in [0.3, 0.4) is 0 Å². The standard InChI is InChI=1S/C22H26N4O7S/c1-26-9-5-8-20(26)25-34(29,30)16-7-4-6-15(12-16)24-22(28)14-10-17(31-2)21(18(11-14)32-3)33-13-19(23)27/h4,6-7,10-12H,5,8-9,13H2,1-3H3,(H2,23,27)(H,24,28)/b25-20-. The Morgan fingerprint density at radius 3 is 2.38 bits per heavy atom. The van der Waals surface area contributed by atoms with Crippen LogP contribution < -0.4 is 25.3 Å². The van der Waals surface area contributed by atoms with Crippen molar-refractivity contribution in [3.63, 3.8) is 0 Å². The van der Waals surface area contributed by atoms with E-state index in [0.717, 1.165) is 13.0 Å². The summed E-state index contributed by atoms with van der Waals surface area (Å²) >= 11 is 0. The number of carbonyl (C=O) groups is 2. The van der Waals surface area contributed by atoms with E-state index in [-0.39, 0.29) is 33.4 Å². The molecule has 0 radical (unpaired) electrons. The first kappa shape index (κ1) is 24.8. The van der Waals surface area contributed by atoms with Crippen LogP contribution in [0.5, 0.6) is 17.2 Å². The topological polar surface area (TPSA) is 150 Å². The van der Waals surface area contributed by atoms with Crippen LogP contribution in [-0.4, -0.2) is 65.4 Å². The van der Waals surface area contributed by atoms with Crippen LogP contribution >= 0.6 is 0 Å². The Morgan fingerprint density at radius 2 is 1.82 bits per heavy atom. The van der Waals surface area contributed by atoms with E-state index in [1.807, 2.05) is 0 Å². The number of methoxy groups -OCH3 is 2. The summed E-state index contributed by atoms with van der Waals surface area (Å²) in [7, 11) is 0.590. The van der Waals surface area contributed by atoms with Crippen LogP contribution in [0.1, 0.15) is 23.2 Å². The van der Waals surface area contributed by atoms with Crippen molar-refractivity contribution < 1.29 is 32.2 Å². The van der Waals surface area contributed by atoms with Crippen molar-refractivity contribution in [2.45, 2.75) is 17.7 Å². The van der Waals surface area contributed by atoms with Gasteiger partial charge in [0.2, 0.25) is 5.75 Å². The first-order valence-electron chi connectivity index (χ1n) is 10.3. The number of amidine groups is 1. The van der Waals surface area contributed by atoms with Gasteiger partial charge < -0.3 is 30.2 Å². The maximum Gasteiger partial charge on any atom is 0.284 e. The lowest BCUT2D eigenvalue weighted by Crippen LogP contribution is -2.20. The van der Waals surface area contributed by atoms with Gasteiger partial charge >= 0.3 is 0 Å². The third-order valence-electron chi connectivity index (χ3n) is 5.03. The van der Waals surface area contributed by atoms with Crippen LogP contribution in [0.4, 0.5) is 5.69 Å². The highest BCUT2D eigenvalue weighted by Gasteiger charge is 2.22. The van der Waals surface area contributed by atoms with E-state index in [0.29, 0.717) is 12.3 Å². The first-order valence-corrected chi connectivity index (χ1v) is 11.7. The molecule has 0 atom stereocenters. The van der Waals surface area contributed by atoms with E-state index in [1.54, 1.807) is 18.0 Å². The lowest BCUT2D eigenvalue weighted by molar-refractivity contribution is -0.120. The highest BCUT2D eigenvalue weighted by atomic mass is 32.2. The molecule has 0 aromatic heterocycles. The average molecular weight is 491 g/mol. The summed E-state index contributed by atoms with van der Waals surface area (Å²) in [5.74, 6) is -0.311. The van der Waals surface area contributed by atoms with Crippen LogP contribution in [0, 0.1) is 0 Å². The lowest BCUT2D eigenvalue weighted by atomic mass is 10.1. The van der Waals surface area contributed by atoms with Crippen molar-refractivity contribution >= 4 is 33.4 Å². The molecule has 182 valence electrons. The molecule has 34 heavy (non-hydrogen) atoms. The number of nitrogens with one attached hydrogen (secondary N) is 1. The Morgan fingerprint density at radius 1 is 1.15 bits per heavy atom. The van der Waals surface area contributed by atoms with E-state index in [2.05, 4.69) is 9.71 Å². The molecule has 1 aliphatic rings. The predicted octanol–water partition coefficient (Wildman–Crippen LogP) is 1.63. The molecular formula is C22H26N4O7S. The van der Waals surface area contributed by atoms with Gasteiger partial charge in [0.1, 0.15) is 5.84 Å². The number of nitrogens with two attached hydrogens (primary N) is 1. The first-order chi connectivity index (χ1) is 16.1. The van der Waals surface area contributed by atoms with Crippen LogP contribution in [0.15, 0.2) is 45.7 Å². The normalized spacial score (nSPS) is 14.7. The molecule has 2 aromatic carbocycles. The number of hydrogen-bond donors (Lipinski definition) is 2. The number of likely N-dealkylation sites (tertiary alicyclic amines) is 1. The van der Waals surface area contributed by atoms with Crippen molar-refractivity contribution in [3.8, 4) is 17.2 Å². The predicted molar refractivity (Wildman–Crippen MR) is 125 cm³/mol. The van der Waals surface area contributed by atoms with E-state index >= 15 is 0 Å². The maximum atomic E-state index is 12.9. The van der Waals surface area contributed by atoms with E-state index in [1.165, 1.54) is 44.6 Å². The molecular weight excluding hydrogens is 464 g/mol. The lowest BCUT2D eigenvalue weighted by Gasteiger charge is -2.15. The SMILES string of the molecule is COc1cc(C(=O)Nc2cccc(S(=O)(=O)/N=C3/CCCN3C)c2)cc(OC)c1OCC(N)=O. The Bertz CT molecular complexity index is 1200. The van der Waals surface area contributed by atoms with Gasteiger partial charge in [-0.15, -0.1) is 4.40 Å². The second-order valence-corrected chi connectivity index (χ2v) is 9.06. The minimum atomic E-state index is -3.94. The number of ether oxygens (including phenoxy) is 3. The third kappa shape index (κ3) is 5.76. The second-order valence-electron chi connectivity index (χ2n) is 7.45. The van der Waals surface area contributed by atoms with E-state index < -0.39 is 28.4 Å². The fourth-order valence-electron chi connectivity index (χ4n) is 3.34. The van der Waals surface area contributed by atoms with Crippen molar-refractivity contribution in [1.82, 2.24) is 4.90 Å². The number of nitrogens with zero attached hydrogens (tertiary/aromatic N) is 2.